The van der Waals surface area contributed by atoms with Crippen molar-refractivity contribution in [3.63, 3.8) is 0 Å². The van der Waals surface area contributed by atoms with E-state index in [1.165, 1.54) is 0 Å². The summed E-state index contributed by atoms with van der Waals surface area (Å²) in [6.45, 7) is 0. The normalized spacial score (nSPS) is 24.1. The molecule has 2 saturated carbocycles. The fourth-order valence-electron chi connectivity index (χ4n) is 5.37. The molecule has 0 radical (unpaired) electrons. The molecule has 4 N–H and O–H groups in total. The van der Waals surface area contributed by atoms with Gasteiger partial charge in [-0.1, -0.05) is 0 Å². The highest BCUT2D eigenvalue weighted by Crippen LogP contribution is 2.36. The van der Waals surface area contributed by atoms with Gasteiger partial charge in [-0.3, -0.25) is 9.36 Å². The van der Waals surface area contributed by atoms with E-state index < -0.39 is 29.2 Å². The van der Waals surface area contributed by atoms with Crippen LogP contribution in [0.25, 0.3) is 11.2 Å². The number of anilines is 3. The Balaban J connectivity index is 1.45. The number of hydrogen-bond donors (Lipinski definition) is 4. The minimum absolute atomic E-state index is 0.00965. The van der Waals surface area contributed by atoms with Crippen molar-refractivity contribution in [1.29, 1.82) is 0 Å². The van der Waals surface area contributed by atoms with Gasteiger partial charge in [0.15, 0.2) is 17.3 Å². The number of imidazole rings is 1. The Hall–Kier alpha value is -3.41. The summed E-state index contributed by atoms with van der Waals surface area (Å²) in [7, 11) is 1.65. The molecule has 2 heterocycles. The summed E-state index contributed by atoms with van der Waals surface area (Å²) >= 11 is 0. The van der Waals surface area contributed by atoms with Crippen LogP contribution in [0.2, 0.25) is 0 Å². The Labute approximate surface area is 211 Å². The van der Waals surface area contributed by atoms with E-state index in [-0.39, 0.29) is 29.9 Å². The molecular formula is C25H30F3N7O2. The number of nitrogens with one attached hydrogen (secondary N) is 3. The second kappa shape index (κ2) is 10.5. The van der Waals surface area contributed by atoms with Crippen molar-refractivity contribution >= 4 is 34.7 Å². The lowest BCUT2D eigenvalue weighted by Gasteiger charge is -2.29. The smallest absolute Gasteiger partial charge is 0.224 e. The summed E-state index contributed by atoms with van der Waals surface area (Å²) in [5.74, 6) is -2.52. The summed E-state index contributed by atoms with van der Waals surface area (Å²) in [5, 5.41) is 18.8. The monoisotopic (exact) mass is 517 g/mol. The van der Waals surface area contributed by atoms with E-state index >= 15 is 0 Å². The number of rotatable bonds is 6. The van der Waals surface area contributed by atoms with Crippen LogP contribution in [0.5, 0.6) is 0 Å². The lowest BCUT2D eigenvalue weighted by Crippen LogP contribution is -2.34. The number of nitrogens with zero attached hydrogens (tertiary/aromatic N) is 4. The van der Waals surface area contributed by atoms with Crippen LogP contribution >= 0.6 is 0 Å². The van der Waals surface area contributed by atoms with Gasteiger partial charge in [-0.15, -0.1) is 0 Å². The van der Waals surface area contributed by atoms with Gasteiger partial charge >= 0.3 is 0 Å². The SMILES string of the molecule is CNC(=O)[C@H]1CC[C@H](Nc2ncc3nc(Nc4c(F)cc(F)cc4F)n([C@H]4CC[C@@H](O)CC4)c3n2)CC1. The molecule has 198 valence electrons. The van der Waals surface area contributed by atoms with Crippen LogP contribution in [0.4, 0.5) is 30.8 Å². The number of hydrogen-bond acceptors (Lipinski definition) is 7. The fourth-order valence-corrected chi connectivity index (χ4v) is 5.37. The first kappa shape index (κ1) is 25.2. The van der Waals surface area contributed by atoms with Crippen LogP contribution in [-0.4, -0.2) is 49.7 Å². The molecule has 0 spiro atoms. The van der Waals surface area contributed by atoms with Crippen LogP contribution in [0, 0.1) is 23.4 Å². The first-order valence-corrected chi connectivity index (χ1v) is 12.6. The quantitative estimate of drug-likeness (QED) is 0.388. The number of aromatic nitrogens is 4. The predicted molar refractivity (Wildman–Crippen MR) is 132 cm³/mol. The summed E-state index contributed by atoms with van der Waals surface area (Å²) in [4.78, 5) is 25.5. The van der Waals surface area contributed by atoms with Crippen LogP contribution in [0.15, 0.2) is 18.3 Å². The zero-order valence-electron chi connectivity index (χ0n) is 20.5. The maximum absolute atomic E-state index is 14.4. The van der Waals surface area contributed by atoms with Gasteiger partial charge in [0.2, 0.25) is 17.8 Å². The fraction of sp³-hybridized carbons (Fsp3) is 0.520. The topological polar surface area (TPSA) is 117 Å². The highest BCUT2D eigenvalue weighted by molar-refractivity contribution is 5.78. The van der Waals surface area contributed by atoms with Crippen molar-refractivity contribution in [1.82, 2.24) is 24.8 Å². The number of halogens is 3. The maximum Gasteiger partial charge on any atom is 0.224 e. The molecule has 2 aliphatic rings. The van der Waals surface area contributed by atoms with E-state index in [4.69, 9.17) is 4.98 Å². The molecule has 1 amide bonds. The molecule has 12 heteroatoms. The Morgan fingerprint density at radius 3 is 2.32 bits per heavy atom. The third-order valence-electron chi connectivity index (χ3n) is 7.39. The number of fused-ring (bicyclic) bond motifs is 1. The van der Waals surface area contributed by atoms with Gasteiger partial charge in [0, 0.05) is 37.2 Å². The van der Waals surface area contributed by atoms with Gasteiger partial charge in [-0.2, -0.15) is 4.98 Å². The third-order valence-corrected chi connectivity index (χ3v) is 7.39. The minimum atomic E-state index is -1.07. The van der Waals surface area contributed by atoms with E-state index in [1.807, 2.05) is 0 Å². The molecule has 3 aromatic rings. The molecule has 2 aliphatic carbocycles. The molecular weight excluding hydrogens is 487 g/mol. The highest BCUT2D eigenvalue weighted by atomic mass is 19.1. The van der Waals surface area contributed by atoms with Gasteiger partial charge < -0.3 is 21.1 Å². The highest BCUT2D eigenvalue weighted by Gasteiger charge is 2.29. The minimum Gasteiger partial charge on any atom is -0.393 e. The first-order chi connectivity index (χ1) is 17.8. The maximum atomic E-state index is 14.4. The molecule has 2 fully saturated rings. The van der Waals surface area contributed by atoms with Crippen molar-refractivity contribution < 1.29 is 23.1 Å². The lowest BCUT2D eigenvalue weighted by atomic mass is 9.85. The number of amides is 1. The van der Waals surface area contributed by atoms with E-state index in [2.05, 4.69) is 25.9 Å². The Kier molecular flexibility index (Phi) is 7.18. The zero-order chi connectivity index (χ0) is 26.1. The number of aliphatic hydroxyl groups is 1. The first-order valence-electron chi connectivity index (χ1n) is 12.6. The average molecular weight is 518 g/mol. The van der Waals surface area contributed by atoms with Gasteiger partial charge in [0.25, 0.3) is 0 Å². The molecule has 9 nitrogen and oxygen atoms in total. The lowest BCUT2D eigenvalue weighted by molar-refractivity contribution is -0.125. The van der Waals surface area contributed by atoms with E-state index in [1.54, 1.807) is 17.8 Å². The van der Waals surface area contributed by atoms with Gasteiger partial charge in [-0.05, 0) is 51.4 Å². The van der Waals surface area contributed by atoms with Gasteiger partial charge in [0.05, 0.1) is 12.3 Å². The Morgan fingerprint density at radius 1 is 1.00 bits per heavy atom. The molecule has 1 aromatic carbocycles. The van der Waals surface area contributed by atoms with Crippen molar-refractivity contribution in [2.45, 2.75) is 69.6 Å². The van der Waals surface area contributed by atoms with E-state index in [0.717, 1.165) is 25.7 Å². The molecule has 37 heavy (non-hydrogen) atoms. The number of aliphatic hydroxyl groups excluding tert-OH is 1. The summed E-state index contributed by atoms with van der Waals surface area (Å²) in [5.41, 5.74) is 0.418. The second-order valence-corrected chi connectivity index (χ2v) is 9.85. The Morgan fingerprint density at radius 2 is 1.68 bits per heavy atom. The third kappa shape index (κ3) is 5.34. The number of carbonyl (C=O) groups is 1. The largest absolute Gasteiger partial charge is 0.393 e. The average Bonchev–Trinajstić information content (AvgIpc) is 3.24. The van der Waals surface area contributed by atoms with Crippen LogP contribution < -0.4 is 16.0 Å². The van der Waals surface area contributed by atoms with Crippen molar-refractivity contribution in [3.8, 4) is 0 Å². The molecule has 0 saturated heterocycles. The second-order valence-electron chi connectivity index (χ2n) is 9.85. The summed E-state index contributed by atoms with van der Waals surface area (Å²) in [6, 6.07) is 1.21. The molecule has 0 aliphatic heterocycles. The number of carbonyl (C=O) groups excluding carboxylic acids is 1. The summed E-state index contributed by atoms with van der Waals surface area (Å²) < 4.78 is 44.1. The van der Waals surface area contributed by atoms with Gasteiger partial charge in [-0.25, -0.2) is 23.1 Å². The predicted octanol–water partition coefficient (Wildman–Crippen LogP) is 4.18. The van der Waals surface area contributed by atoms with Crippen molar-refractivity contribution in [2.24, 2.45) is 5.92 Å². The van der Waals surface area contributed by atoms with E-state index in [0.29, 0.717) is 54.9 Å². The number of benzene rings is 1. The zero-order valence-corrected chi connectivity index (χ0v) is 20.5. The van der Waals surface area contributed by atoms with Gasteiger partial charge in [0.1, 0.15) is 17.0 Å². The summed E-state index contributed by atoms with van der Waals surface area (Å²) in [6.07, 6.45) is 6.71. The van der Waals surface area contributed by atoms with E-state index in [9.17, 15) is 23.1 Å². The molecule has 0 bridgehead atoms. The van der Waals surface area contributed by atoms with Crippen molar-refractivity contribution in [2.75, 3.05) is 17.7 Å². The standard InChI is InChI=1S/C25H30F3N7O2/c1-29-23(37)13-2-4-15(5-3-13)31-24-30-12-20-22(34-24)35(16-6-8-17(36)9-7-16)25(32-20)33-21-18(27)10-14(26)11-19(21)28/h10-13,15-17,36H,2-9H2,1H3,(H,29,37)(H,32,33)(H,30,31,34)/t13-,15-,16-,17+. The molecule has 0 atom stereocenters. The molecule has 2 aromatic heterocycles. The molecule has 5 rings (SSSR count). The van der Waals surface area contributed by atoms with Crippen molar-refractivity contribution in [3.05, 3.63) is 35.8 Å². The Bertz CT molecular complexity index is 1260. The van der Waals surface area contributed by atoms with Crippen LogP contribution in [0.3, 0.4) is 0 Å². The van der Waals surface area contributed by atoms with Crippen LogP contribution in [-0.2, 0) is 4.79 Å². The molecule has 0 unspecified atom stereocenters. The van der Waals surface area contributed by atoms with Crippen LogP contribution in [0.1, 0.15) is 57.4 Å².